The van der Waals surface area contributed by atoms with Crippen molar-refractivity contribution in [3.05, 3.63) is 71.7 Å². The Morgan fingerprint density at radius 2 is 1.94 bits per heavy atom. The second-order valence-electron chi connectivity index (χ2n) is 7.72. The Morgan fingerprint density at radius 1 is 1.23 bits per heavy atom. The summed E-state index contributed by atoms with van der Waals surface area (Å²) in [6.45, 7) is 6.90. The van der Waals surface area contributed by atoms with Crippen LogP contribution in [0.3, 0.4) is 0 Å². The fourth-order valence-corrected chi connectivity index (χ4v) is 3.58. The van der Waals surface area contributed by atoms with Crippen LogP contribution in [-0.4, -0.2) is 60.4 Å². The first kappa shape index (κ1) is 22.4. The molecule has 1 aromatic heterocycles. The summed E-state index contributed by atoms with van der Waals surface area (Å²) in [4.78, 5) is 29.3. The molecule has 0 spiro atoms. The molecule has 1 atom stereocenters. The van der Waals surface area contributed by atoms with E-state index in [0.29, 0.717) is 42.4 Å². The molecule has 7 heteroatoms. The number of amides is 1. The predicted molar refractivity (Wildman–Crippen MR) is 118 cm³/mol. The van der Waals surface area contributed by atoms with Crippen LogP contribution in [0.5, 0.6) is 5.75 Å². The van der Waals surface area contributed by atoms with Crippen molar-refractivity contribution in [2.24, 2.45) is 0 Å². The highest BCUT2D eigenvalue weighted by Gasteiger charge is 2.47. The first-order valence-corrected chi connectivity index (χ1v) is 10.2. The molecule has 2 heterocycles. The summed E-state index contributed by atoms with van der Waals surface area (Å²) in [6.07, 6.45) is 2.32. The molecule has 0 aliphatic carbocycles. The van der Waals surface area contributed by atoms with Crippen LogP contribution in [0.4, 0.5) is 0 Å². The van der Waals surface area contributed by atoms with Crippen molar-refractivity contribution in [2.45, 2.75) is 19.4 Å². The summed E-state index contributed by atoms with van der Waals surface area (Å²) >= 11 is 0. The van der Waals surface area contributed by atoms with E-state index in [1.807, 2.05) is 19.0 Å². The number of aliphatic hydroxyl groups excluding tert-OH is 1. The minimum Gasteiger partial charge on any atom is -0.507 e. The molecule has 1 aromatic carbocycles. The van der Waals surface area contributed by atoms with E-state index in [4.69, 9.17) is 9.15 Å². The van der Waals surface area contributed by atoms with E-state index < -0.39 is 17.7 Å². The fourth-order valence-electron chi connectivity index (χ4n) is 3.58. The number of rotatable bonds is 9. The van der Waals surface area contributed by atoms with Gasteiger partial charge in [0.15, 0.2) is 0 Å². The third-order valence-electron chi connectivity index (χ3n) is 5.07. The molecule has 1 saturated heterocycles. The van der Waals surface area contributed by atoms with Gasteiger partial charge in [0.05, 0.1) is 5.57 Å². The third kappa shape index (κ3) is 4.88. The van der Waals surface area contributed by atoms with Gasteiger partial charge in [-0.15, -0.1) is 0 Å². The Bertz CT molecular complexity index is 988. The number of carbonyl (C=O) groups excluding carboxylic acids is 2. The molecule has 0 radical (unpaired) electrons. The average molecular weight is 424 g/mol. The molecule has 164 valence electrons. The Hall–Kier alpha value is -3.32. The fraction of sp³-hybridized carbons (Fsp3) is 0.333. The summed E-state index contributed by atoms with van der Waals surface area (Å²) in [5, 5.41) is 11.0. The van der Waals surface area contributed by atoms with Crippen LogP contribution >= 0.6 is 0 Å². The van der Waals surface area contributed by atoms with Gasteiger partial charge in [0.1, 0.15) is 35.7 Å². The molecule has 1 aliphatic rings. The monoisotopic (exact) mass is 424 g/mol. The SMILES string of the molecule is C=CCOc1ccc(/C(O)=C2\C(=O)C(=O)N(CCCN(C)C)[C@H]2c2ccc(C)o2)cc1. The van der Waals surface area contributed by atoms with Gasteiger partial charge in [-0.3, -0.25) is 9.59 Å². The van der Waals surface area contributed by atoms with Crippen molar-refractivity contribution in [1.29, 1.82) is 0 Å². The number of benzene rings is 1. The number of ketones is 1. The number of hydrogen-bond donors (Lipinski definition) is 1. The number of aliphatic hydroxyl groups is 1. The minimum absolute atomic E-state index is 0.0314. The molecule has 1 fully saturated rings. The molecule has 1 N–H and O–H groups in total. The van der Waals surface area contributed by atoms with E-state index >= 15 is 0 Å². The molecule has 1 aliphatic heterocycles. The van der Waals surface area contributed by atoms with Gasteiger partial charge >= 0.3 is 0 Å². The first-order chi connectivity index (χ1) is 14.8. The van der Waals surface area contributed by atoms with Gasteiger partial charge in [-0.05, 0) is 70.4 Å². The lowest BCUT2D eigenvalue weighted by Crippen LogP contribution is -2.32. The lowest BCUT2D eigenvalue weighted by Gasteiger charge is -2.24. The quantitative estimate of drug-likeness (QED) is 0.287. The molecule has 0 bridgehead atoms. The first-order valence-electron chi connectivity index (χ1n) is 10.2. The van der Waals surface area contributed by atoms with E-state index in [0.717, 1.165) is 6.54 Å². The summed E-state index contributed by atoms with van der Waals surface area (Å²) < 4.78 is 11.2. The van der Waals surface area contributed by atoms with Crippen LogP contribution in [0.1, 0.15) is 29.5 Å². The third-order valence-corrected chi connectivity index (χ3v) is 5.07. The molecule has 2 aromatic rings. The molecule has 3 rings (SSSR count). The van der Waals surface area contributed by atoms with Crippen LogP contribution in [-0.2, 0) is 9.59 Å². The lowest BCUT2D eigenvalue weighted by atomic mass is 9.99. The predicted octanol–water partition coefficient (Wildman–Crippen LogP) is 3.53. The zero-order chi connectivity index (χ0) is 22.5. The highest BCUT2D eigenvalue weighted by Crippen LogP contribution is 2.40. The molecule has 1 amide bonds. The van der Waals surface area contributed by atoms with Gasteiger partial charge in [0, 0.05) is 12.1 Å². The summed E-state index contributed by atoms with van der Waals surface area (Å²) in [6, 6.07) is 9.43. The number of hydrogen-bond acceptors (Lipinski definition) is 6. The minimum atomic E-state index is -0.771. The maximum Gasteiger partial charge on any atom is 0.295 e. The highest BCUT2D eigenvalue weighted by molar-refractivity contribution is 6.46. The molecule has 7 nitrogen and oxygen atoms in total. The Labute approximate surface area is 182 Å². The number of nitrogens with zero attached hydrogens (tertiary/aromatic N) is 2. The van der Waals surface area contributed by atoms with Crippen LogP contribution in [0.25, 0.3) is 5.76 Å². The van der Waals surface area contributed by atoms with Gasteiger partial charge in [-0.1, -0.05) is 12.7 Å². The summed E-state index contributed by atoms with van der Waals surface area (Å²) in [5.41, 5.74) is 0.453. The van der Waals surface area contributed by atoms with E-state index in [1.165, 1.54) is 4.90 Å². The van der Waals surface area contributed by atoms with Crippen LogP contribution in [0.2, 0.25) is 0 Å². The maximum absolute atomic E-state index is 12.9. The van der Waals surface area contributed by atoms with Crippen molar-refractivity contribution in [1.82, 2.24) is 9.80 Å². The number of carbonyl (C=O) groups is 2. The Kier molecular flexibility index (Phi) is 6.97. The van der Waals surface area contributed by atoms with E-state index in [9.17, 15) is 14.7 Å². The Balaban J connectivity index is 1.99. The van der Waals surface area contributed by atoms with Crippen molar-refractivity contribution >= 4 is 17.4 Å². The van der Waals surface area contributed by atoms with Crippen molar-refractivity contribution in [3.8, 4) is 5.75 Å². The van der Waals surface area contributed by atoms with Gasteiger partial charge in [0.25, 0.3) is 11.7 Å². The van der Waals surface area contributed by atoms with Crippen molar-refractivity contribution in [3.63, 3.8) is 0 Å². The number of ether oxygens (including phenoxy) is 1. The molecular formula is C24H28N2O5. The zero-order valence-electron chi connectivity index (χ0n) is 18.1. The van der Waals surface area contributed by atoms with E-state index in [-0.39, 0.29) is 11.3 Å². The highest BCUT2D eigenvalue weighted by atomic mass is 16.5. The van der Waals surface area contributed by atoms with Gasteiger partial charge < -0.3 is 24.1 Å². The van der Waals surface area contributed by atoms with Crippen molar-refractivity contribution in [2.75, 3.05) is 33.8 Å². The smallest absolute Gasteiger partial charge is 0.295 e. The van der Waals surface area contributed by atoms with Crippen LogP contribution < -0.4 is 4.74 Å². The lowest BCUT2D eigenvalue weighted by molar-refractivity contribution is -0.140. The second kappa shape index (κ2) is 9.66. The number of likely N-dealkylation sites (tertiary alicyclic amines) is 1. The van der Waals surface area contributed by atoms with E-state index in [2.05, 4.69) is 6.58 Å². The molecule has 31 heavy (non-hydrogen) atoms. The topological polar surface area (TPSA) is 83.2 Å². The van der Waals surface area contributed by atoms with Gasteiger partial charge in [0.2, 0.25) is 0 Å². The zero-order valence-corrected chi connectivity index (χ0v) is 18.1. The molecule has 0 unspecified atom stereocenters. The largest absolute Gasteiger partial charge is 0.507 e. The second-order valence-corrected chi connectivity index (χ2v) is 7.72. The number of Topliss-reactive ketones (excluding diaryl/α,β-unsaturated/α-hetero) is 1. The standard InChI is InChI=1S/C24H28N2O5/c1-5-15-30-18-10-8-17(9-11-18)22(27)20-21(19-12-7-16(2)31-19)26(24(29)23(20)28)14-6-13-25(3)4/h5,7-12,21,27H,1,6,13-15H2,2-4H3/b22-20+/t21-/m0/s1. The maximum atomic E-state index is 12.9. The molecule has 0 saturated carbocycles. The van der Waals surface area contributed by atoms with Gasteiger partial charge in [-0.25, -0.2) is 0 Å². The summed E-state index contributed by atoms with van der Waals surface area (Å²) in [5.74, 6) is 0.145. The van der Waals surface area contributed by atoms with Crippen LogP contribution in [0.15, 0.2) is 59.0 Å². The van der Waals surface area contributed by atoms with Crippen molar-refractivity contribution < 1.29 is 23.8 Å². The van der Waals surface area contributed by atoms with E-state index in [1.54, 1.807) is 49.4 Å². The summed E-state index contributed by atoms with van der Waals surface area (Å²) in [7, 11) is 3.90. The average Bonchev–Trinajstić information content (AvgIpc) is 3.28. The Morgan fingerprint density at radius 3 is 2.52 bits per heavy atom. The number of furan rings is 1. The van der Waals surface area contributed by atoms with Crippen LogP contribution in [0, 0.1) is 6.92 Å². The molecular weight excluding hydrogens is 396 g/mol. The normalized spacial score (nSPS) is 18.1. The van der Waals surface area contributed by atoms with Gasteiger partial charge in [-0.2, -0.15) is 0 Å². The number of aryl methyl sites for hydroxylation is 1.